The van der Waals surface area contributed by atoms with Gasteiger partial charge >= 0.3 is 0 Å². The lowest BCUT2D eigenvalue weighted by Crippen LogP contribution is -2.32. The maximum absolute atomic E-state index is 13.5. The van der Waals surface area contributed by atoms with Crippen LogP contribution in [0.2, 0.25) is 0 Å². The number of alkyl halides is 1. The van der Waals surface area contributed by atoms with Crippen molar-refractivity contribution in [3.8, 4) is 5.75 Å². The Bertz CT molecular complexity index is 644. The molecule has 0 bridgehead atoms. The van der Waals surface area contributed by atoms with E-state index in [1.165, 1.54) is 5.56 Å². The van der Waals surface area contributed by atoms with Crippen molar-refractivity contribution in [2.45, 2.75) is 32.2 Å². The van der Waals surface area contributed by atoms with Gasteiger partial charge < -0.3 is 14.7 Å². The number of anilines is 1. The Kier molecular flexibility index (Phi) is 4.82. The normalized spacial score (nSPS) is 20.7. The summed E-state index contributed by atoms with van der Waals surface area (Å²) in [6.45, 7) is 2.92. The summed E-state index contributed by atoms with van der Waals surface area (Å²) in [5, 5.41) is 9.37. The van der Waals surface area contributed by atoms with Crippen molar-refractivity contribution in [2.24, 2.45) is 0 Å². The van der Waals surface area contributed by atoms with E-state index in [0.717, 1.165) is 17.0 Å². The zero-order valence-corrected chi connectivity index (χ0v) is 13.3. The first-order valence-corrected chi connectivity index (χ1v) is 7.96. The van der Waals surface area contributed by atoms with Crippen molar-refractivity contribution in [3.05, 3.63) is 59.7 Å². The van der Waals surface area contributed by atoms with Gasteiger partial charge in [-0.3, -0.25) is 0 Å². The lowest BCUT2D eigenvalue weighted by atomic mass is 10.1. The molecule has 3 rings (SSSR count). The van der Waals surface area contributed by atoms with Gasteiger partial charge in [-0.05, 0) is 42.3 Å². The Morgan fingerprint density at radius 2 is 1.91 bits per heavy atom. The Balaban J connectivity index is 1.64. The highest BCUT2D eigenvalue weighted by atomic mass is 19.1. The van der Waals surface area contributed by atoms with Crippen LogP contribution in [0.15, 0.2) is 48.5 Å². The van der Waals surface area contributed by atoms with Gasteiger partial charge in [-0.2, -0.15) is 0 Å². The van der Waals surface area contributed by atoms with Crippen molar-refractivity contribution < 1.29 is 14.2 Å². The van der Waals surface area contributed by atoms with Crippen LogP contribution in [0.3, 0.4) is 0 Å². The minimum Gasteiger partial charge on any atom is -0.489 e. The lowest BCUT2D eigenvalue weighted by molar-refractivity contribution is 0.255. The first kappa shape index (κ1) is 15.8. The fourth-order valence-corrected chi connectivity index (χ4v) is 3.02. The number of hydrogen-bond acceptors (Lipinski definition) is 3. The lowest BCUT2D eigenvalue weighted by Gasteiger charge is -2.25. The minimum absolute atomic E-state index is 0.0219. The molecular formula is C19H22FNO2. The third-order valence-electron chi connectivity index (χ3n) is 4.40. The molecule has 4 heteroatoms. The van der Waals surface area contributed by atoms with Crippen LogP contribution in [0, 0.1) is 6.92 Å². The van der Waals surface area contributed by atoms with Crippen molar-refractivity contribution in [2.75, 3.05) is 18.1 Å². The van der Waals surface area contributed by atoms with Crippen LogP contribution in [-0.2, 0) is 6.61 Å². The average molecular weight is 315 g/mol. The van der Waals surface area contributed by atoms with E-state index in [1.807, 2.05) is 41.3 Å². The number of halogens is 1. The van der Waals surface area contributed by atoms with Gasteiger partial charge in [-0.1, -0.05) is 24.3 Å². The predicted molar refractivity (Wildman–Crippen MR) is 89.7 cm³/mol. The number of nitrogens with zero attached hydrogens (tertiary/aromatic N) is 1. The highest BCUT2D eigenvalue weighted by Gasteiger charge is 2.31. The summed E-state index contributed by atoms with van der Waals surface area (Å²) in [4.78, 5) is 1.93. The smallest absolute Gasteiger partial charge is 0.120 e. The SMILES string of the molecule is Cc1ccccc1COc1ccc(N2C[C@@H](F)C[C@H]2CO)cc1. The molecule has 1 heterocycles. The van der Waals surface area contributed by atoms with E-state index in [2.05, 4.69) is 19.1 Å². The Hall–Kier alpha value is -2.07. The Morgan fingerprint density at radius 1 is 1.17 bits per heavy atom. The van der Waals surface area contributed by atoms with E-state index >= 15 is 0 Å². The van der Waals surface area contributed by atoms with Crippen molar-refractivity contribution in [3.63, 3.8) is 0 Å². The van der Waals surface area contributed by atoms with Crippen LogP contribution in [0.5, 0.6) is 5.75 Å². The molecule has 1 fully saturated rings. The molecule has 122 valence electrons. The topological polar surface area (TPSA) is 32.7 Å². The predicted octanol–water partition coefficient (Wildman–Crippen LogP) is 3.48. The average Bonchev–Trinajstić information content (AvgIpc) is 2.95. The highest BCUT2D eigenvalue weighted by molar-refractivity contribution is 5.51. The number of aliphatic hydroxyl groups excluding tert-OH is 1. The first-order chi connectivity index (χ1) is 11.2. The second-order valence-corrected chi connectivity index (χ2v) is 6.03. The summed E-state index contributed by atoms with van der Waals surface area (Å²) in [7, 11) is 0. The second kappa shape index (κ2) is 7.01. The van der Waals surface area contributed by atoms with Crippen LogP contribution in [-0.4, -0.2) is 30.5 Å². The molecule has 1 N–H and O–H groups in total. The molecule has 0 saturated carbocycles. The number of benzene rings is 2. The minimum atomic E-state index is -0.871. The van der Waals surface area contributed by atoms with Gasteiger partial charge in [0.2, 0.25) is 0 Å². The van der Waals surface area contributed by atoms with E-state index in [9.17, 15) is 9.50 Å². The maximum Gasteiger partial charge on any atom is 0.120 e. The number of aryl methyl sites for hydroxylation is 1. The van der Waals surface area contributed by atoms with Crippen LogP contribution >= 0.6 is 0 Å². The molecule has 2 atom stereocenters. The number of ether oxygens (including phenoxy) is 1. The molecular weight excluding hydrogens is 293 g/mol. The summed E-state index contributed by atoms with van der Waals surface area (Å²) in [6.07, 6.45) is -0.480. The molecule has 2 aromatic rings. The second-order valence-electron chi connectivity index (χ2n) is 6.03. The summed E-state index contributed by atoms with van der Waals surface area (Å²) >= 11 is 0. The molecule has 0 spiro atoms. The highest BCUT2D eigenvalue weighted by Crippen LogP contribution is 2.28. The fourth-order valence-electron chi connectivity index (χ4n) is 3.02. The monoisotopic (exact) mass is 315 g/mol. The Morgan fingerprint density at radius 3 is 2.61 bits per heavy atom. The van der Waals surface area contributed by atoms with Crippen LogP contribution < -0.4 is 9.64 Å². The third kappa shape index (κ3) is 3.64. The summed E-state index contributed by atoms with van der Waals surface area (Å²) < 4.78 is 19.4. The molecule has 0 unspecified atom stereocenters. The van der Waals surface area contributed by atoms with Crippen molar-refractivity contribution >= 4 is 5.69 Å². The van der Waals surface area contributed by atoms with Gasteiger partial charge in [-0.25, -0.2) is 4.39 Å². The zero-order valence-electron chi connectivity index (χ0n) is 13.3. The van der Waals surface area contributed by atoms with Gasteiger partial charge in [0.15, 0.2) is 0 Å². The molecule has 1 aliphatic heterocycles. The van der Waals surface area contributed by atoms with Crippen LogP contribution in [0.4, 0.5) is 10.1 Å². The zero-order chi connectivity index (χ0) is 16.2. The number of aliphatic hydroxyl groups is 1. The van der Waals surface area contributed by atoms with Crippen LogP contribution in [0.1, 0.15) is 17.5 Å². The quantitative estimate of drug-likeness (QED) is 0.917. The molecule has 1 aliphatic rings. The fraction of sp³-hybridized carbons (Fsp3) is 0.368. The molecule has 23 heavy (non-hydrogen) atoms. The maximum atomic E-state index is 13.5. The third-order valence-corrected chi connectivity index (χ3v) is 4.40. The van der Waals surface area contributed by atoms with E-state index < -0.39 is 6.17 Å². The molecule has 2 aromatic carbocycles. The largest absolute Gasteiger partial charge is 0.489 e. The van der Waals surface area contributed by atoms with E-state index in [0.29, 0.717) is 19.6 Å². The first-order valence-electron chi connectivity index (χ1n) is 7.96. The van der Waals surface area contributed by atoms with Crippen molar-refractivity contribution in [1.29, 1.82) is 0 Å². The Labute approximate surface area is 136 Å². The molecule has 0 radical (unpaired) electrons. The van der Waals surface area contributed by atoms with Crippen LogP contribution in [0.25, 0.3) is 0 Å². The summed E-state index contributed by atoms with van der Waals surface area (Å²) in [6, 6.07) is 15.6. The summed E-state index contributed by atoms with van der Waals surface area (Å²) in [5.41, 5.74) is 3.30. The standard InChI is InChI=1S/C19H22FNO2/c1-14-4-2-3-5-15(14)13-23-19-8-6-17(7-9-19)21-11-16(20)10-18(21)12-22/h2-9,16,18,22H,10-13H2,1H3/t16-,18-/m0/s1. The molecule has 3 nitrogen and oxygen atoms in total. The molecule has 0 aliphatic carbocycles. The molecule has 1 saturated heterocycles. The number of rotatable bonds is 5. The van der Waals surface area contributed by atoms with Gasteiger partial charge in [-0.15, -0.1) is 0 Å². The van der Waals surface area contributed by atoms with E-state index in [4.69, 9.17) is 4.74 Å². The molecule has 0 aromatic heterocycles. The van der Waals surface area contributed by atoms with Gasteiger partial charge in [0, 0.05) is 18.7 Å². The van der Waals surface area contributed by atoms with E-state index in [1.54, 1.807) is 0 Å². The number of hydrogen-bond donors (Lipinski definition) is 1. The van der Waals surface area contributed by atoms with Gasteiger partial charge in [0.05, 0.1) is 12.6 Å². The van der Waals surface area contributed by atoms with Gasteiger partial charge in [0.25, 0.3) is 0 Å². The molecule has 0 amide bonds. The van der Waals surface area contributed by atoms with E-state index in [-0.39, 0.29) is 12.6 Å². The van der Waals surface area contributed by atoms with Gasteiger partial charge in [0.1, 0.15) is 18.5 Å². The summed E-state index contributed by atoms with van der Waals surface area (Å²) in [5.74, 6) is 0.786. The van der Waals surface area contributed by atoms with Crippen molar-refractivity contribution in [1.82, 2.24) is 0 Å².